The van der Waals surface area contributed by atoms with Crippen molar-refractivity contribution < 1.29 is 17.9 Å². The molecule has 0 aromatic heterocycles. The molecule has 1 aliphatic heterocycles. The van der Waals surface area contributed by atoms with Crippen molar-refractivity contribution >= 4 is 15.7 Å². The first-order valence-corrected chi connectivity index (χ1v) is 12.0. The van der Waals surface area contributed by atoms with Crippen molar-refractivity contribution in [3.63, 3.8) is 0 Å². The van der Waals surface area contributed by atoms with Gasteiger partial charge in [-0.15, -0.1) is 0 Å². The lowest BCUT2D eigenvalue weighted by Crippen LogP contribution is -2.40. The van der Waals surface area contributed by atoms with E-state index in [1.54, 1.807) is 35.2 Å². The first-order chi connectivity index (χ1) is 14.3. The molecule has 0 bridgehead atoms. The molecular formula is C24H29NO4S. The SMILES string of the molecule is C=CCOc1ccc(C(=O)N(Cc2ccc(C(C)C)cc2)[C@@H]2CCS(=O)(=O)C2)cc1. The minimum atomic E-state index is -3.11. The van der Waals surface area contributed by atoms with Gasteiger partial charge in [0.2, 0.25) is 0 Å². The standard InChI is InChI=1S/C24H29NO4S/c1-4-14-29-23-11-9-21(10-12-23)24(26)25(22-13-15-30(27,28)17-22)16-19-5-7-20(8-6-19)18(2)3/h4-12,18,22H,1,13-17H2,2-3H3/t22-/m1/s1. The number of rotatable bonds is 8. The van der Waals surface area contributed by atoms with Gasteiger partial charge in [-0.2, -0.15) is 0 Å². The summed E-state index contributed by atoms with van der Waals surface area (Å²) in [7, 11) is -3.11. The number of hydrogen-bond donors (Lipinski definition) is 0. The van der Waals surface area contributed by atoms with E-state index in [1.165, 1.54) is 5.56 Å². The van der Waals surface area contributed by atoms with Crippen LogP contribution in [0, 0.1) is 0 Å². The van der Waals surface area contributed by atoms with Gasteiger partial charge in [0.1, 0.15) is 12.4 Å². The van der Waals surface area contributed by atoms with Crippen LogP contribution >= 0.6 is 0 Å². The number of ether oxygens (including phenoxy) is 1. The summed E-state index contributed by atoms with van der Waals surface area (Å²) in [6.45, 7) is 8.67. The first kappa shape index (κ1) is 22.1. The van der Waals surface area contributed by atoms with Gasteiger partial charge >= 0.3 is 0 Å². The Hall–Kier alpha value is -2.60. The average molecular weight is 428 g/mol. The molecule has 0 radical (unpaired) electrons. The van der Waals surface area contributed by atoms with Gasteiger partial charge in [-0.3, -0.25) is 4.79 Å². The zero-order valence-corrected chi connectivity index (χ0v) is 18.4. The Morgan fingerprint density at radius 2 is 1.83 bits per heavy atom. The molecule has 1 heterocycles. The van der Waals surface area contributed by atoms with E-state index in [1.807, 2.05) is 12.1 Å². The molecule has 2 aromatic rings. The molecular weight excluding hydrogens is 398 g/mol. The molecule has 1 saturated heterocycles. The van der Waals surface area contributed by atoms with Crippen molar-refractivity contribution in [1.29, 1.82) is 0 Å². The largest absolute Gasteiger partial charge is 0.490 e. The van der Waals surface area contributed by atoms with Crippen LogP contribution in [-0.4, -0.2) is 43.4 Å². The van der Waals surface area contributed by atoms with Gasteiger partial charge in [-0.05, 0) is 47.7 Å². The van der Waals surface area contributed by atoms with Crippen molar-refractivity contribution in [3.8, 4) is 5.75 Å². The first-order valence-electron chi connectivity index (χ1n) is 10.2. The summed E-state index contributed by atoms with van der Waals surface area (Å²) < 4.78 is 29.6. The van der Waals surface area contributed by atoms with Crippen LogP contribution in [0.1, 0.15) is 47.7 Å². The maximum Gasteiger partial charge on any atom is 0.254 e. The van der Waals surface area contributed by atoms with Gasteiger partial charge in [0, 0.05) is 18.2 Å². The highest BCUT2D eigenvalue weighted by Gasteiger charge is 2.35. The topological polar surface area (TPSA) is 63.7 Å². The van der Waals surface area contributed by atoms with Crippen molar-refractivity contribution in [3.05, 3.63) is 77.9 Å². The molecule has 0 unspecified atom stereocenters. The van der Waals surface area contributed by atoms with Crippen molar-refractivity contribution in [2.75, 3.05) is 18.1 Å². The van der Waals surface area contributed by atoms with Crippen molar-refractivity contribution in [2.45, 2.75) is 38.8 Å². The van der Waals surface area contributed by atoms with Crippen LogP contribution < -0.4 is 4.74 Å². The second kappa shape index (κ2) is 9.47. The number of hydrogen-bond acceptors (Lipinski definition) is 4. The molecule has 6 heteroatoms. The Balaban J connectivity index is 1.83. The summed E-state index contributed by atoms with van der Waals surface area (Å²) in [6, 6.07) is 14.8. The van der Waals surface area contributed by atoms with Crippen molar-refractivity contribution in [2.24, 2.45) is 0 Å². The van der Waals surface area contributed by atoms with E-state index >= 15 is 0 Å². The number of carbonyl (C=O) groups is 1. The maximum absolute atomic E-state index is 13.3. The quantitative estimate of drug-likeness (QED) is 0.592. The molecule has 1 amide bonds. The molecule has 1 atom stereocenters. The van der Waals surface area contributed by atoms with Crippen LogP contribution in [0.5, 0.6) is 5.75 Å². The molecule has 1 fully saturated rings. The number of benzene rings is 2. The summed E-state index contributed by atoms with van der Waals surface area (Å²) in [5.74, 6) is 1.07. The summed E-state index contributed by atoms with van der Waals surface area (Å²) in [5, 5.41) is 0. The fourth-order valence-corrected chi connectivity index (χ4v) is 5.34. The fourth-order valence-electron chi connectivity index (χ4n) is 3.61. The Morgan fingerprint density at radius 1 is 1.17 bits per heavy atom. The van der Waals surface area contributed by atoms with Gasteiger partial charge in [0.05, 0.1) is 11.5 Å². The number of carbonyl (C=O) groups excluding carboxylic acids is 1. The number of amides is 1. The third-order valence-electron chi connectivity index (χ3n) is 5.38. The molecule has 30 heavy (non-hydrogen) atoms. The van der Waals surface area contributed by atoms with Crippen LogP contribution in [0.3, 0.4) is 0 Å². The molecule has 0 N–H and O–H groups in total. The Labute approximate surface area is 179 Å². The highest BCUT2D eigenvalue weighted by atomic mass is 32.2. The zero-order valence-electron chi connectivity index (χ0n) is 17.6. The molecule has 0 aliphatic carbocycles. The summed E-state index contributed by atoms with van der Waals surface area (Å²) in [5.41, 5.74) is 2.74. The highest BCUT2D eigenvalue weighted by Crippen LogP contribution is 2.24. The number of nitrogens with zero attached hydrogens (tertiary/aromatic N) is 1. The maximum atomic E-state index is 13.3. The normalized spacial score (nSPS) is 17.6. The summed E-state index contributed by atoms with van der Waals surface area (Å²) in [6.07, 6.45) is 2.13. The van der Waals surface area contributed by atoms with Crippen LogP contribution in [0.15, 0.2) is 61.2 Å². The second-order valence-corrected chi connectivity index (χ2v) is 10.2. The number of sulfone groups is 1. The van der Waals surface area contributed by atoms with Gasteiger partial charge in [0.25, 0.3) is 5.91 Å². The summed E-state index contributed by atoms with van der Waals surface area (Å²) >= 11 is 0. The summed E-state index contributed by atoms with van der Waals surface area (Å²) in [4.78, 5) is 15.0. The van der Waals surface area contributed by atoms with Gasteiger partial charge in [0.15, 0.2) is 9.84 Å². The zero-order chi connectivity index (χ0) is 21.7. The smallest absolute Gasteiger partial charge is 0.254 e. The lowest BCUT2D eigenvalue weighted by Gasteiger charge is -2.29. The fraction of sp³-hybridized carbons (Fsp3) is 0.375. The Bertz CT molecular complexity index is 979. The van der Waals surface area contributed by atoms with E-state index in [4.69, 9.17) is 4.74 Å². The molecule has 2 aromatic carbocycles. The molecule has 5 nitrogen and oxygen atoms in total. The minimum Gasteiger partial charge on any atom is -0.490 e. The second-order valence-electron chi connectivity index (χ2n) is 8.01. The van der Waals surface area contributed by atoms with E-state index in [0.29, 0.717) is 36.8 Å². The minimum absolute atomic E-state index is 0.0172. The molecule has 0 saturated carbocycles. The third kappa shape index (κ3) is 5.51. The Morgan fingerprint density at radius 3 is 2.37 bits per heavy atom. The van der Waals surface area contributed by atoms with E-state index < -0.39 is 9.84 Å². The monoisotopic (exact) mass is 427 g/mol. The lowest BCUT2D eigenvalue weighted by molar-refractivity contribution is 0.0681. The van der Waals surface area contributed by atoms with Crippen LogP contribution in [0.4, 0.5) is 0 Å². The van der Waals surface area contributed by atoms with Gasteiger partial charge in [-0.1, -0.05) is 50.8 Å². The highest BCUT2D eigenvalue weighted by molar-refractivity contribution is 7.91. The van der Waals surface area contributed by atoms with E-state index in [2.05, 4.69) is 32.6 Å². The molecule has 0 spiro atoms. The van der Waals surface area contributed by atoms with Crippen molar-refractivity contribution in [1.82, 2.24) is 4.90 Å². The molecule has 1 aliphatic rings. The van der Waals surface area contributed by atoms with Gasteiger partial charge < -0.3 is 9.64 Å². The third-order valence-corrected chi connectivity index (χ3v) is 7.13. The lowest BCUT2D eigenvalue weighted by atomic mass is 10.0. The van der Waals surface area contributed by atoms with Crippen LogP contribution in [0.25, 0.3) is 0 Å². The van der Waals surface area contributed by atoms with E-state index in [9.17, 15) is 13.2 Å². The van der Waals surface area contributed by atoms with Crippen LogP contribution in [-0.2, 0) is 16.4 Å². The van der Waals surface area contributed by atoms with E-state index in [0.717, 1.165) is 5.56 Å². The molecule has 3 rings (SSSR count). The predicted molar refractivity (Wildman–Crippen MR) is 120 cm³/mol. The van der Waals surface area contributed by atoms with Gasteiger partial charge in [-0.25, -0.2) is 8.42 Å². The Kier molecular flexibility index (Phi) is 6.98. The average Bonchev–Trinajstić information content (AvgIpc) is 3.10. The predicted octanol–water partition coefficient (Wildman–Crippen LogP) is 4.20. The van der Waals surface area contributed by atoms with E-state index in [-0.39, 0.29) is 23.5 Å². The van der Waals surface area contributed by atoms with Crippen LogP contribution in [0.2, 0.25) is 0 Å². The molecule has 160 valence electrons.